The average Bonchev–Trinajstić information content (AvgIpc) is 2.68. The topological polar surface area (TPSA) is 32.3 Å². The van der Waals surface area contributed by atoms with E-state index in [4.69, 9.17) is 0 Å². The molecule has 2 fully saturated rings. The van der Waals surface area contributed by atoms with E-state index in [1.165, 1.54) is 51.5 Å². The molecule has 0 bridgehead atoms. The lowest BCUT2D eigenvalue weighted by atomic mass is 10.00. The molecule has 3 nitrogen and oxygen atoms in total. The minimum atomic E-state index is 0.209. The number of hydrogen-bond acceptors (Lipinski definition) is 3. The third-order valence-electron chi connectivity index (χ3n) is 4.43. The van der Waals surface area contributed by atoms with E-state index in [9.17, 15) is 4.79 Å². The highest BCUT2D eigenvalue weighted by Gasteiger charge is 2.26. The van der Waals surface area contributed by atoms with Gasteiger partial charge in [-0.25, -0.2) is 0 Å². The van der Waals surface area contributed by atoms with Crippen molar-refractivity contribution >= 4 is 17.7 Å². The van der Waals surface area contributed by atoms with Gasteiger partial charge in [-0.2, -0.15) is 11.8 Å². The van der Waals surface area contributed by atoms with Crippen molar-refractivity contribution in [2.45, 2.75) is 63.5 Å². The Morgan fingerprint density at radius 1 is 1.16 bits per heavy atom. The highest BCUT2D eigenvalue weighted by Crippen LogP contribution is 2.24. The number of likely N-dealkylation sites (tertiary alicyclic amines) is 1. The van der Waals surface area contributed by atoms with Crippen LogP contribution in [0, 0.1) is 0 Å². The standard InChI is InChI=1S/C15H28N2OS/c1-19-12-15(18)16-13-7-6-10-17(11-13)14-8-4-2-3-5-9-14/h13-14H,2-12H2,1H3,(H,16,18)/t13-/m1/s1. The number of thioether (sulfide) groups is 1. The summed E-state index contributed by atoms with van der Waals surface area (Å²) in [5, 5.41) is 3.20. The fourth-order valence-electron chi connectivity index (χ4n) is 3.48. The van der Waals surface area contributed by atoms with Gasteiger partial charge in [0.05, 0.1) is 5.75 Å². The first-order valence-electron chi connectivity index (χ1n) is 7.82. The van der Waals surface area contributed by atoms with E-state index in [0.717, 1.165) is 19.0 Å². The molecule has 0 aromatic carbocycles. The Kier molecular flexibility index (Phi) is 6.51. The highest BCUT2D eigenvalue weighted by atomic mass is 32.2. The molecule has 0 aromatic heterocycles. The molecule has 0 aromatic rings. The van der Waals surface area contributed by atoms with E-state index in [2.05, 4.69) is 10.2 Å². The quantitative estimate of drug-likeness (QED) is 0.806. The van der Waals surface area contributed by atoms with Crippen LogP contribution in [-0.4, -0.2) is 48.0 Å². The number of hydrogen-bond donors (Lipinski definition) is 1. The van der Waals surface area contributed by atoms with Gasteiger partial charge in [-0.05, 0) is 38.5 Å². The van der Waals surface area contributed by atoms with Crippen LogP contribution in [0.25, 0.3) is 0 Å². The second-order valence-electron chi connectivity index (χ2n) is 5.98. The van der Waals surface area contributed by atoms with Crippen LogP contribution >= 0.6 is 11.8 Å². The predicted molar refractivity (Wildman–Crippen MR) is 82.6 cm³/mol. The summed E-state index contributed by atoms with van der Waals surface area (Å²) in [6.07, 6.45) is 12.7. The third-order valence-corrected chi connectivity index (χ3v) is 4.99. The fraction of sp³-hybridized carbons (Fsp3) is 0.933. The van der Waals surface area contributed by atoms with Crippen LogP contribution in [0.15, 0.2) is 0 Å². The summed E-state index contributed by atoms with van der Waals surface area (Å²) in [5.74, 6) is 0.806. The van der Waals surface area contributed by atoms with E-state index < -0.39 is 0 Å². The molecule has 1 heterocycles. The fourth-order valence-corrected chi connectivity index (χ4v) is 3.82. The van der Waals surface area contributed by atoms with E-state index >= 15 is 0 Å². The van der Waals surface area contributed by atoms with E-state index in [0.29, 0.717) is 11.8 Å². The normalized spacial score (nSPS) is 26.9. The molecule has 0 radical (unpaired) electrons. The van der Waals surface area contributed by atoms with Gasteiger partial charge in [0.1, 0.15) is 0 Å². The second kappa shape index (κ2) is 8.15. The zero-order chi connectivity index (χ0) is 13.5. The smallest absolute Gasteiger partial charge is 0.230 e. The lowest BCUT2D eigenvalue weighted by Gasteiger charge is -2.38. The average molecular weight is 284 g/mol. The van der Waals surface area contributed by atoms with E-state index in [1.54, 1.807) is 11.8 Å². The molecule has 4 heteroatoms. The Labute approximate surface area is 121 Å². The molecule has 1 amide bonds. The van der Waals surface area contributed by atoms with Crippen molar-refractivity contribution in [1.29, 1.82) is 0 Å². The maximum Gasteiger partial charge on any atom is 0.230 e. The minimum Gasteiger partial charge on any atom is -0.351 e. The summed E-state index contributed by atoms with van der Waals surface area (Å²) in [6, 6.07) is 1.17. The van der Waals surface area contributed by atoms with Crippen molar-refractivity contribution < 1.29 is 4.79 Å². The summed E-state index contributed by atoms with van der Waals surface area (Å²) >= 11 is 1.60. The second-order valence-corrected chi connectivity index (χ2v) is 6.85. The number of carbonyl (C=O) groups is 1. The van der Waals surface area contributed by atoms with Crippen molar-refractivity contribution in [3.8, 4) is 0 Å². The Morgan fingerprint density at radius 3 is 2.58 bits per heavy atom. The third kappa shape index (κ3) is 4.99. The molecular weight excluding hydrogens is 256 g/mol. The van der Waals surface area contributed by atoms with Crippen LogP contribution in [0.3, 0.4) is 0 Å². The minimum absolute atomic E-state index is 0.209. The number of nitrogens with one attached hydrogen (secondary N) is 1. The molecule has 2 rings (SSSR count). The van der Waals surface area contributed by atoms with Crippen LogP contribution in [0.5, 0.6) is 0 Å². The molecule has 1 aliphatic carbocycles. The number of carbonyl (C=O) groups excluding carboxylic acids is 1. The molecule has 1 saturated carbocycles. The predicted octanol–water partition coefficient (Wildman–Crippen LogP) is 2.65. The largest absolute Gasteiger partial charge is 0.351 e. The summed E-state index contributed by atoms with van der Waals surface area (Å²) in [7, 11) is 0. The summed E-state index contributed by atoms with van der Waals surface area (Å²) in [5.41, 5.74) is 0. The van der Waals surface area contributed by atoms with Gasteiger partial charge in [-0.3, -0.25) is 9.69 Å². The van der Waals surface area contributed by atoms with Gasteiger partial charge in [0.15, 0.2) is 0 Å². The maximum absolute atomic E-state index is 11.7. The molecule has 19 heavy (non-hydrogen) atoms. The summed E-state index contributed by atoms with van der Waals surface area (Å²) in [6.45, 7) is 2.31. The first-order chi connectivity index (χ1) is 9.29. The van der Waals surface area contributed by atoms with Crippen LogP contribution in [-0.2, 0) is 4.79 Å². The lowest BCUT2D eigenvalue weighted by molar-refractivity contribution is -0.119. The SMILES string of the molecule is CSCC(=O)N[C@@H]1CCCN(C2CCCCCC2)C1. The van der Waals surface area contributed by atoms with Gasteiger partial charge < -0.3 is 5.32 Å². The van der Waals surface area contributed by atoms with Crippen LogP contribution < -0.4 is 5.32 Å². The molecule has 0 spiro atoms. The monoisotopic (exact) mass is 284 g/mol. The molecular formula is C15H28N2OS. The van der Waals surface area contributed by atoms with Crippen molar-refractivity contribution in [1.82, 2.24) is 10.2 Å². The Bertz CT molecular complexity index is 277. The summed E-state index contributed by atoms with van der Waals surface area (Å²) in [4.78, 5) is 14.4. The van der Waals surface area contributed by atoms with Crippen molar-refractivity contribution in [2.75, 3.05) is 25.1 Å². The molecule has 1 atom stereocenters. The first kappa shape index (κ1) is 15.2. The zero-order valence-electron chi connectivity index (χ0n) is 12.2. The van der Waals surface area contributed by atoms with E-state index in [1.807, 2.05) is 6.26 Å². The van der Waals surface area contributed by atoms with Gasteiger partial charge in [0, 0.05) is 18.6 Å². The summed E-state index contributed by atoms with van der Waals surface area (Å²) < 4.78 is 0. The number of nitrogens with zero attached hydrogens (tertiary/aromatic N) is 1. The molecule has 2 aliphatic rings. The molecule has 1 saturated heterocycles. The number of piperidine rings is 1. The highest BCUT2D eigenvalue weighted by molar-refractivity contribution is 7.99. The van der Waals surface area contributed by atoms with E-state index in [-0.39, 0.29) is 5.91 Å². The van der Waals surface area contributed by atoms with Gasteiger partial charge in [-0.1, -0.05) is 25.7 Å². The Hall–Kier alpha value is -0.220. The Balaban J connectivity index is 1.80. The molecule has 1 N–H and O–H groups in total. The van der Waals surface area contributed by atoms with Crippen LogP contribution in [0.1, 0.15) is 51.4 Å². The maximum atomic E-state index is 11.7. The molecule has 110 valence electrons. The number of rotatable bonds is 4. The van der Waals surface area contributed by atoms with Crippen LogP contribution in [0.4, 0.5) is 0 Å². The van der Waals surface area contributed by atoms with Gasteiger partial charge in [0.2, 0.25) is 5.91 Å². The van der Waals surface area contributed by atoms with Crippen molar-refractivity contribution in [3.05, 3.63) is 0 Å². The molecule has 0 unspecified atom stereocenters. The first-order valence-corrected chi connectivity index (χ1v) is 9.21. The van der Waals surface area contributed by atoms with Gasteiger partial charge >= 0.3 is 0 Å². The van der Waals surface area contributed by atoms with Crippen molar-refractivity contribution in [3.63, 3.8) is 0 Å². The zero-order valence-corrected chi connectivity index (χ0v) is 13.0. The lowest BCUT2D eigenvalue weighted by Crippen LogP contribution is -2.51. The Morgan fingerprint density at radius 2 is 1.89 bits per heavy atom. The number of amides is 1. The van der Waals surface area contributed by atoms with Crippen molar-refractivity contribution in [2.24, 2.45) is 0 Å². The molecule has 1 aliphatic heterocycles. The van der Waals surface area contributed by atoms with Gasteiger partial charge in [0.25, 0.3) is 0 Å². The van der Waals surface area contributed by atoms with Crippen LogP contribution in [0.2, 0.25) is 0 Å². The van der Waals surface area contributed by atoms with Gasteiger partial charge in [-0.15, -0.1) is 0 Å².